The quantitative estimate of drug-likeness (QED) is 0.839. The van der Waals surface area contributed by atoms with Crippen molar-refractivity contribution in [2.75, 3.05) is 11.5 Å². The van der Waals surface area contributed by atoms with E-state index < -0.39 is 9.84 Å². The van der Waals surface area contributed by atoms with Crippen LogP contribution in [0.25, 0.3) is 0 Å². The summed E-state index contributed by atoms with van der Waals surface area (Å²) < 4.78 is 23.0. The van der Waals surface area contributed by atoms with Crippen molar-refractivity contribution in [3.05, 3.63) is 30.1 Å². The molecule has 0 saturated heterocycles. The largest absolute Gasteiger partial charge is 0.307 e. The average Bonchev–Trinajstić information content (AvgIpc) is 2.29. The van der Waals surface area contributed by atoms with Crippen LogP contribution in [0.3, 0.4) is 0 Å². The SMILES string of the molecule is CCS(=O)(=O)CC(C)N[C@H](C)c1cccnc1. The zero-order valence-corrected chi connectivity index (χ0v) is 11.4. The topological polar surface area (TPSA) is 59.1 Å². The Morgan fingerprint density at radius 1 is 1.41 bits per heavy atom. The molecule has 0 aliphatic heterocycles. The number of hydrogen-bond acceptors (Lipinski definition) is 4. The van der Waals surface area contributed by atoms with Crippen molar-refractivity contribution in [2.24, 2.45) is 0 Å². The summed E-state index contributed by atoms with van der Waals surface area (Å²) in [6.45, 7) is 5.57. The maximum absolute atomic E-state index is 11.5. The van der Waals surface area contributed by atoms with Crippen LogP contribution in [0.2, 0.25) is 0 Å². The predicted octanol–water partition coefficient (Wildman–Crippen LogP) is 1.56. The van der Waals surface area contributed by atoms with Gasteiger partial charge >= 0.3 is 0 Å². The Morgan fingerprint density at radius 2 is 2.12 bits per heavy atom. The Hall–Kier alpha value is -0.940. The minimum absolute atomic E-state index is 0.0600. The molecule has 1 aromatic rings. The van der Waals surface area contributed by atoms with Crippen LogP contribution in [0, 0.1) is 0 Å². The average molecular weight is 256 g/mol. The maximum Gasteiger partial charge on any atom is 0.151 e. The minimum atomic E-state index is -2.92. The Balaban J connectivity index is 2.55. The lowest BCUT2D eigenvalue weighted by Crippen LogP contribution is -2.35. The fourth-order valence-electron chi connectivity index (χ4n) is 1.70. The Labute approximate surface area is 103 Å². The van der Waals surface area contributed by atoms with E-state index >= 15 is 0 Å². The number of hydrogen-bond donors (Lipinski definition) is 1. The lowest BCUT2D eigenvalue weighted by molar-refractivity contribution is 0.499. The fraction of sp³-hybridized carbons (Fsp3) is 0.583. The maximum atomic E-state index is 11.5. The van der Waals surface area contributed by atoms with Crippen molar-refractivity contribution in [1.82, 2.24) is 10.3 Å². The van der Waals surface area contributed by atoms with E-state index in [2.05, 4.69) is 10.3 Å². The minimum Gasteiger partial charge on any atom is -0.307 e. The second-order valence-corrected chi connectivity index (χ2v) is 6.67. The highest BCUT2D eigenvalue weighted by atomic mass is 32.2. The van der Waals surface area contributed by atoms with Gasteiger partial charge in [-0.1, -0.05) is 13.0 Å². The molecular formula is C12H20N2O2S. The molecule has 0 amide bonds. The molecule has 5 heteroatoms. The Morgan fingerprint density at radius 3 is 2.65 bits per heavy atom. The molecular weight excluding hydrogens is 236 g/mol. The molecule has 17 heavy (non-hydrogen) atoms. The zero-order valence-electron chi connectivity index (χ0n) is 10.6. The summed E-state index contributed by atoms with van der Waals surface area (Å²) in [5.74, 6) is 0.369. The van der Waals surface area contributed by atoms with Gasteiger partial charge in [0.25, 0.3) is 0 Å². The van der Waals surface area contributed by atoms with Crippen LogP contribution in [-0.2, 0) is 9.84 Å². The molecule has 0 saturated carbocycles. The molecule has 0 radical (unpaired) electrons. The number of nitrogens with zero attached hydrogens (tertiary/aromatic N) is 1. The van der Waals surface area contributed by atoms with Gasteiger partial charge < -0.3 is 5.32 Å². The van der Waals surface area contributed by atoms with Crippen molar-refractivity contribution < 1.29 is 8.42 Å². The van der Waals surface area contributed by atoms with Crippen LogP contribution >= 0.6 is 0 Å². The van der Waals surface area contributed by atoms with Gasteiger partial charge in [0.05, 0.1) is 5.75 Å². The molecule has 1 N–H and O–H groups in total. The van der Waals surface area contributed by atoms with E-state index in [9.17, 15) is 8.42 Å². The molecule has 0 fully saturated rings. The van der Waals surface area contributed by atoms with E-state index in [0.29, 0.717) is 0 Å². The molecule has 0 spiro atoms. The van der Waals surface area contributed by atoms with E-state index in [-0.39, 0.29) is 23.6 Å². The molecule has 1 heterocycles. The summed E-state index contributed by atoms with van der Waals surface area (Å²) in [4.78, 5) is 4.05. The fourth-order valence-corrected chi connectivity index (χ4v) is 2.80. The first-order valence-electron chi connectivity index (χ1n) is 5.81. The number of pyridine rings is 1. The van der Waals surface area contributed by atoms with Crippen molar-refractivity contribution in [1.29, 1.82) is 0 Å². The summed E-state index contributed by atoms with van der Waals surface area (Å²) >= 11 is 0. The summed E-state index contributed by atoms with van der Waals surface area (Å²) in [5.41, 5.74) is 1.06. The first-order chi connectivity index (χ1) is 7.94. The molecule has 1 aromatic heterocycles. The Kier molecular flexibility index (Phi) is 5.08. The molecule has 4 nitrogen and oxygen atoms in total. The van der Waals surface area contributed by atoms with Gasteiger partial charge in [-0.25, -0.2) is 8.42 Å². The van der Waals surface area contributed by atoms with Gasteiger partial charge in [-0.2, -0.15) is 0 Å². The molecule has 96 valence electrons. The number of rotatable bonds is 6. The third-order valence-corrected chi connectivity index (χ3v) is 4.55. The van der Waals surface area contributed by atoms with Crippen LogP contribution in [0.1, 0.15) is 32.4 Å². The Bertz CT molecular complexity index is 431. The van der Waals surface area contributed by atoms with E-state index in [4.69, 9.17) is 0 Å². The van der Waals surface area contributed by atoms with Crippen LogP contribution in [0.4, 0.5) is 0 Å². The van der Waals surface area contributed by atoms with Gasteiger partial charge in [0.2, 0.25) is 0 Å². The smallest absolute Gasteiger partial charge is 0.151 e. The van der Waals surface area contributed by atoms with Crippen molar-refractivity contribution in [2.45, 2.75) is 32.9 Å². The third kappa shape index (κ3) is 4.83. The lowest BCUT2D eigenvalue weighted by atomic mass is 10.1. The molecule has 0 aliphatic carbocycles. The summed E-state index contributed by atoms with van der Waals surface area (Å²) in [5, 5.41) is 3.27. The molecule has 0 bridgehead atoms. The molecule has 2 atom stereocenters. The highest BCUT2D eigenvalue weighted by molar-refractivity contribution is 7.91. The summed E-state index contributed by atoms with van der Waals surface area (Å²) in [6.07, 6.45) is 3.51. The molecule has 1 rings (SSSR count). The van der Waals surface area contributed by atoms with Crippen molar-refractivity contribution >= 4 is 9.84 Å². The van der Waals surface area contributed by atoms with E-state index in [0.717, 1.165) is 5.56 Å². The van der Waals surface area contributed by atoms with Gasteiger partial charge in [-0.05, 0) is 25.5 Å². The standard InChI is InChI=1S/C12H20N2O2S/c1-4-17(15,16)9-10(2)14-11(3)12-6-5-7-13-8-12/h5-8,10-11,14H,4,9H2,1-3H3/t10?,11-/m1/s1. The van der Waals surface area contributed by atoms with Crippen LogP contribution in [-0.4, -0.2) is 30.9 Å². The van der Waals surface area contributed by atoms with Gasteiger partial charge in [0.1, 0.15) is 0 Å². The second kappa shape index (κ2) is 6.12. The third-order valence-electron chi connectivity index (χ3n) is 2.66. The van der Waals surface area contributed by atoms with Gasteiger partial charge in [-0.15, -0.1) is 0 Å². The normalized spacial score (nSPS) is 15.5. The number of sulfone groups is 1. The first kappa shape index (κ1) is 14.1. The first-order valence-corrected chi connectivity index (χ1v) is 7.63. The van der Waals surface area contributed by atoms with E-state index in [1.807, 2.05) is 26.0 Å². The molecule has 0 aliphatic rings. The number of nitrogens with one attached hydrogen (secondary N) is 1. The van der Waals surface area contributed by atoms with Gasteiger partial charge in [0, 0.05) is 30.2 Å². The molecule has 1 unspecified atom stereocenters. The van der Waals surface area contributed by atoms with Crippen LogP contribution < -0.4 is 5.32 Å². The van der Waals surface area contributed by atoms with Crippen molar-refractivity contribution in [3.8, 4) is 0 Å². The van der Waals surface area contributed by atoms with E-state index in [1.165, 1.54) is 0 Å². The zero-order chi connectivity index (χ0) is 12.9. The summed E-state index contributed by atoms with van der Waals surface area (Å²) in [6, 6.07) is 3.90. The second-order valence-electron chi connectivity index (χ2n) is 4.27. The molecule has 0 aromatic carbocycles. The highest BCUT2D eigenvalue weighted by Gasteiger charge is 2.16. The van der Waals surface area contributed by atoms with Crippen LogP contribution in [0.15, 0.2) is 24.5 Å². The summed E-state index contributed by atoms with van der Waals surface area (Å²) in [7, 11) is -2.92. The van der Waals surface area contributed by atoms with Crippen molar-refractivity contribution in [3.63, 3.8) is 0 Å². The number of aromatic nitrogens is 1. The predicted molar refractivity (Wildman–Crippen MR) is 69.6 cm³/mol. The van der Waals surface area contributed by atoms with Gasteiger partial charge in [0.15, 0.2) is 9.84 Å². The highest BCUT2D eigenvalue weighted by Crippen LogP contribution is 2.11. The van der Waals surface area contributed by atoms with E-state index in [1.54, 1.807) is 19.3 Å². The monoisotopic (exact) mass is 256 g/mol. The lowest BCUT2D eigenvalue weighted by Gasteiger charge is -2.19. The van der Waals surface area contributed by atoms with Crippen LogP contribution in [0.5, 0.6) is 0 Å². The van der Waals surface area contributed by atoms with Gasteiger partial charge in [-0.3, -0.25) is 4.98 Å².